The van der Waals surface area contributed by atoms with E-state index in [-0.39, 0.29) is 22.5 Å². The van der Waals surface area contributed by atoms with E-state index in [4.69, 9.17) is 11.6 Å². The number of nitrogens with one attached hydrogen (secondary N) is 1. The summed E-state index contributed by atoms with van der Waals surface area (Å²) < 4.78 is 28.1. The fourth-order valence-corrected chi connectivity index (χ4v) is 2.68. The lowest BCUT2D eigenvalue weighted by Crippen LogP contribution is -2.30. The highest BCUT2D eigenvalue weighted by molar-refractivity contribution is 9.10. The predicted octanol–water partition coefficient (Wildman–Crippen LogP) is 4.75. The highest BCUT2D eigenvalue weighted by Crippen LogP contribution is 2.23. The Morgan fingerprint density at radius 2 is 1.76 bits per heavy atom. The maximum Gasteiger partial charge on any atom is 0.143 e. The third-order valence-corrected chi connectivity index (χ3v) is 4.26. The number of benzene rings is 2. The van der Waals surface area contributed by atoms with Gasteiger partial charge in [-0.25, -0.2) is 8.78 Å². The lowest BCUT2D eigenvalue weighted by Gasteiger charge is -2.17. The number of rotatable bonds is 5. The van der Waals surface area contributed by atoms with Gasteiger partial charge in [0.05, 0.1) is 4.47 Å². The number of hydrogen-bond donors (Lipinski definition) is 1. The van der Waals surface area contributed by atoms with E-state index in [1.54, 1.807) is 7.05 Å². The van der Waals surface area contributed by atoms with E-state index in [1.807, 2.05) is 24.3 Å². The maximum absolute atomic E-state index is 14.0. The van der Waals surface area contributed by atoms with Crippen molar-refractivity contribution in [3.63, 3.8) is 0 Å². The van der Waals surface area contributed by atoms with Gasteiger partial charge < -0.3 is 5.32 Å². The summed E-state index contributed by atoms with van der Waals surface area (Å²) in [5.41, 5.74) is 1.16. The summed E-state index contributed by atoms with van der Waals surface area (Å²) in [5.74, 6) is -1.06. The van der Waals surface area contributed by atoms with Crippen LogP contribution in [0.2, 0.25) is 5.02 Å². The van der Waals surface area contributed by atoms with Crippen molar-refractivity contribution in [3.8, 4) is 0 Å². The van der Waals surface area contributed by atoms with Crippen molar-refractivity contribution in [1.82, 2.24) is 5.32 Å². The van der Waals surface area contributed by atoms with Crippen LogP contribution in [0.1, 0.15) is 11.1 Å². The van der Waals surface area contributed by atoms with Gasteiger partial charge in [0.1, 0.15) is 11.6 Å². The SMILES string of the molecule is CNC(Cc1ccc(Cl)cc1)Cc1c(F)ccc(Br)c1F. The van der Waals surface area contributed by atoms with Crippen LogP contribution in [-0.4, -0.2) is 13.1 Å². The van der Waals surface area contributed by atoms with Crippen LogP contribution in [-0.2, 0) is 12.8 Å². The topological polar surface area (TPSA) is 12.0 Å². The molecule has 0 radical (unpaired) electrons. The summed E-state index contributed by atoms with van der Waals surface area (Å²) in [6, 6.07) is 10.0. The molecule has 1 atom stereocenters. The van der Waals surface area contributed by atoms with Gasteiger partial charge in [-0.2, -0.15) is 0 Å². The molecule has 112 valence electrons. The van der Waals surface area contributed by atoms with E-state index in [2.05, 4.69) is 21.2 Å². The van der Waals surface area contributed by atoms with E-state index in [0.717, 1.165) is 5.56 Å². The largest absolute Gasteiger partial charge is 0.316 e. The summed E-state index contributed by atoms with van der Waals surface area (Å²) >= 11 is 8.94. The molecule has 2 aromatic rings. The van der Waals surface area contributed by atoms with Gasteiger partial charge in [-0.3, -0.25) is 0 Å². The first kappa shape index (κ1) is 16.4. The van der Waals surface area contributed by atoms with Crippen molar-refractivity contribution in [2.24, 2.45) is 0 Å². The molecule has 0 aromatic heterocycles. The average Bonchev–Trinajstić information content (AvgIpc) is 2.48. The van der Waals surface area contributed by atoms with Crippen LogP contribution in [0.5, 0.6) is 0 Å². The fourth-order valence-electron chi connectivity index (χ4n) is 2.18. The molecular formula is C16H15BrClF2N. The van der Waals surface area contributed by atoms with Crippen LogP contribution in [0.3, 0.4) is 0 Å². The minimum atomic E-state index is -0.536. The van der Waals surface area contributed by atoms with Gasteiger partial charge in [0.25, 0.3) is 0 Å². The molecular weight excluding hydrogens is 360 g/mol. The number of halogens is 4. The summed E-state index contributed by atoms with van der Waals surface area (Å²) in [6.45, 7) is 0. The zero-order chi connectivity index (χ0) is 15.4. The van der Waals surface area contributed by atoms with Crippen molar-refractivity contribution >= 4 is 27.5 Å². The van der Waals surface area contributed by atoms with Crippen LogP contribution in [0.25, 0.3) is 0 Å². The van der Waals surface area contributed by atoms with E-state index in [1.165, 1.54) is 12.1 Å². The standard InChI is InChI=1S/C16H15BrClF2N/c1-21-12(8-10-2-4-11(18)5-3-10)9-13-15(19)7-6-14(17)16(13)20/h2-7,12,21H,8-9H2,1H3. The number of likely N-dealkylation sites (N-methyl/N-ethyl adjacent to an activating group) is 1. The smallest absolute Gasteiger partial charge is 0.143 e. The van der Waals surface area contributed by atoms with Crippen molar-refractivity contribution in [2.75, 3.05) is 7.05 Å². The van der Waals surface area contributed by atoms with Gasteiger partial charge in [0.2, 0.25) is 0 Å². The van der Waals surface area contributed by atoms with Gasteiger partial charge in [-0.1, -0.05) is 23.7 Å². The van der Waals surface area contributed by atoms with Crippen LogP contribution >= 0.6 is 27.5 Å². The molecule has 1 unspecified atom stereocenters. The molecule has 0 aliphatic rings. The summed E-state index contributed by atoms with van der Waals surface area (Å²) in [6.07, 6.45) is 0.940. The molecule has 0 saturated heterocycles. The fraction of sp³-hybridized carbons (Fsp3) is 0.250. The zero-order valence-corrected chi connectivity index (χ0v) is 13.8. The zero-order valence-electron chi connectivity index (χ0n) is 11.5. The lowest BCUT2D eigenvalue weighted by atomic mass is 9.98. The van der Waals surface area contributed by atoms with Crippen molar-refractivity contribution in [1.29, 1.82) is 0 Å². The van der Waals surface area contributed by atoms with Gasteiger partial charge in [-0.05, 0) is 65.6 Å². The minimum Gasteiger partial charge on any atom is -0.316 e. The second-order valence-electron chi connectivity index (χ2n) is 4.84. The lowest BCUT2D eigenvalue weighted by molar-refractivity contribution is 0.500. The van der Waals surface area contributed by atoms with E-state index >= 15 is 0 Å². The van der Waals surface area contributed by atoms with Crippen molar-refractivity contribution < 1.29 is 8.78 Å². The van der Waals surface area contributed by atoms with Crippen LogP contribution < -0.4 is 5.32 Å². The van der Waals surface area contributed by atoms with Gasteiger partial charge in [-0.15, -0.1) is 0 Å². The summed E-state index contributed by atoms with van der Waals surface area (Å²) in [4.78, 5) is 0. The van der Waals surface area contributed by atoms with Crippen LogP contribution in [0.15, 0.2) is 40.9 Å². The molecule has 0 spiro atoms. The molecule has 2 rings (SSSR count). The van der Waals surface area contributed by atoms with E-state index < -0.39 is 11.6 Å². The van der Waals surface area contributed by atoms with Gasteiger partial charge in [0.15, 0.2) is 0 Å². The summed E-state index contributed by atoms with van der Waals surface area (Å²) in [5, 5.41) is 3.78. The molecule has 0 amide bonds. The molecule has 2 aromatic carbocycles. The van der Waals surface area contributed by atoms with Gasteiger partial charge in [0, 0.05) is 16.6 Å². The Morgan fingerprint density at radius 1 is 1.10 bits per heavy atom. The first-order valence-electron chi connectivity index (χ1n) is 6.55. The quantitative estimate of drug-likeness (QED) is 0.745. The molecule has 5 heteroatoms. The molecule has 21 heavy (non-hydrogen) atoms. The molecule has 0 heterocycles. The Hall–Kier alpha value is -0.970. The monoisotopic (exact) mass is 373 g/mol. The average molecular weight is 375 g/mol. The first-order chi connectivity index (χ1) is 10.0. The van der Waals surface area contributed by atoms with Crippen molar-refractivity contribution in [2.45, 2.75) is 18.9 Å². The number of hydrogen-bond acceptors (Lipinski definition) is 1. The molecule has 0 saturated carbocycles. The molecule has 0 bridgehead atoms. The summed E-state index contributed by atoms with van der Waals surface area (Å²) in [7, 11) is 1.79. The van der Waals surface area contributed by atoms with Crippen LogP contribution in [0, 0.1) is 11.6 Å². The minimum absolute atomic E-state index is 0.0653. The van der Waals surface area contributed by atoms with E-state index in [0.29, 0.717) is 11.4 Å². The molecule has 0 aliphatic heterocycles. The maximum atomic E-state index is 14.0. The Balaban J connectivity index is 2.16. The third kappa shape index (κ3) is 4.25. The Labute approximate surface area is 136 Å². The molecule has 0 fully saturated rings. The normalized spacial score (nSPS) is 12.4. The molecule has 0 aliphatic carbocycles. The Bertz CT molecular complexity index is 616. The second kappa shape index (κ2) is 7.34. The first-order valence-corrected chi connectivity index (χ1v) is 7.72. The second-order valence-corrected chi connectivity index (χ2v) is 6.13. The highest BCUT2D eigenvalue weighted by Gasteiger charge is 2.17. The highest BCUT2D eigenvalue weighted by atomic mass is 79.9. The third-order valence-electron chi connectivity index (χ3n) is 3.39. The Kier molecular flexibility index (Phi) is 5.73. The predicted molar refractivity (Wildman–Crippen MR) is 85.8 cm³/mol. The van der Waals surface area contributed by atoms with Gasteiger partial charge >= 0.3 is 0 Å². The molecule has 1 N–H and O–H groups in total. The van der Waals surface area contributed by atoms with Crippen molar-refractivity contribution in [3.05, 3.63) is 68.7 Å². The van der Waals surface area contributed by atoms with Crippen LogP contribution in [0.4, 0.5) is 8.78 Å². The Morgan fingerprint density at radius 3 is 2.38 bits per heavy atom. The molecule has 1 nitrogen and oxygen atoms in total. The van der Waals surface area contributed by atoms with E-state index in [9.17, 15) is 8.78 Å².